The van der Waals surface area contributed by atoms with Gasteiger partial charge in [-0.2, -0.15) is 0 Å². The van der Waals surface area contributed by atoms with Crippen LogP contribution < -0.4 is 15.8 Å². The van der Waals surface area contributed by atoms with E-state index in [2.05, 4.69) is 5.32 Å². The molecule has 2 atom stereocenters. The third-order valence-electron chi connectivity index (χ3n) is 3.16. The molecular weight excluding hydrogens is 276 g/mol. The van der Waals surface area contributed by atoms with Crippen LogP contribution in [0.2, 0.25) is 5.02 Å². The van der Waals surface area contributed by atoms with Crippen molar-refractivity contribution in [2.45, 2.75) is 51.3 Å². The molecule has 1 aliphatic rings. The number of halogens is 1. The maximum Gasteiger partial charge on any atom is 0.260 e. The second kappa shape index (κ2) is 6.46. The van der Waals surface area contributed by atoms with Crippen molar-refractivity contribution < 1.29 is 9.53 Å². The second-order valence-corrected chi connectivity index (χ2v) is 5.91. The van der Waals surface area contributed by atoms with Gasteiger partial charge >= 0.3 is 0 Å². The summed E-state index contributed by atoms with van der Waals surface area (Å²) in [5.41, 5.74) is 6.76. The molecule has 1 fully saturated rings. The molecule has 5 heteroatoms. The van der Waals surface area contributed by atoms with Crippen molar-refractivity contribution in [1.82, 2.24) is 5.32 Å². The fourth-order valence-corrected chi connectivity index (χ4v) is 2.15. The van der Waals surface area contributed by atoms with Gasteiger partial charge in [-0.3, -0.25) is 4.79 Å². The summed E-state index contributed by atoms with van der Waals surface area (Å²) in [6.07, 6.45) is 2.26. The maximum atomic E-state index is 11.9. The number of amides is 1. The molecule has 0 aromatic heterocycles. The van der Waals surface area contributed by atoms with E-state index in [1.54, 1.807) is 19.1 Å². The van der Waals surface area contributed by atoms with E-state index in [9.17, 15) is 4.79 Å². The van der Waals surface area contributed by atoms with Crippen LogP contribution in [-0.4, -0.2) is 24.1 Å². The van der Waals surface area contributed by atoms with Crippen molar-refractivity contribution in [2.75, 3.05) is 0 Å². The molecule has 2 rings (SSSR count). The van der Waals surface area contributed by atoms with E-state index in [1.165, 1.54) is 0 Å². The first kappa shape index (κ1) is 15.1. The molecule has 0 radical (unpaired) electrons. The van der Waals surface area contributed by atoms with Crippen LogP contribution in [0.3, 0.4) is 0 Å². The second-order valence-electron chi connectivity index (χ2n) is 5.48. The van der Waals surface area contributed by atoms with Gasteiger partial charge in [0, 0.05) is 17.1 Å². The Bertz CT molecular complexity index is 487. The number of carbonyl (C=O) groups is 1. The zero-order valence-corrected chi connectivity index (χ0v) is 12.6. The van der Waals surface area contributed by atoms with E-state index in [0.717, 1.165) is 18.4 Å². The lowest BCUT2D eigenvalue weighted by Crippen LogP contribution is -2.37. The van der Waals surface area contributed by atoms with E-state index in [4.69, 9.17) is 22.1 Å². The molecule has 4 nitrogen and oxygen atoms in total. The van der Waals surface area contributed by atoms with Crippen LogP contribution in [0.15, 0.2) is 18.2 Å². The van der Waals surface area contributed by atoms with Crippen LogP contribution in [0.25, 0.3) is 0 Å². The highest BCUT2D eigenvalue weighted by Crippen LogP contribution is 2.25. The number of nitrogens with one attached hydrogen (secondary N) is 1. The molecule has 1 amide bonds. The molecule has 0 saturated heterocycles. The van der Waals surface area contributed by atoms with Crippen LogP contribution >= 0.6 is 11.6 Å². The highest BCUT2D eigenvalue weighted by molar-refractivity contribution is 6.30. The predicted octanol–water partition coefficient (Wildman–Crippen LogP) is 2.28. The van der Waals surface area contributed by atoms with Gasteiger partial charge in [0.25, 0.3) is 5.91 Å². The molecule has 1 aromatic rings. The summed E-state index contributed by atoms with van der Waals surface area (Å²) in [7, 11) is 0. The summed E-state index contributed by atoms with van der Waals surface area (Å²) in [4.78, 5) is 11.9. The third-order valence-corrected chi connectivity index (χ3v) is 3.40. The molecule has 0 heterocycles. The Balaban J connectivity index is 2.04. The minimum absolute atomic E-state index is 0.00594. The van der Waals surface area contributed by atoms with E-state index in [1.807, 2.05) is 13.0 Å². The SMILES string of the molecule is CC(N)Cc1cc(Cl)ccc1OC(C)C(=O)NC1CC1. The fourth-order valence-electron chi connectivity index (χ4n) is 1.96. The molecule has 1 aromatic carbocycles. The summed E-state index contributed by atoms with van der Waals surface area (Å²) in [6, 6.07) is 5.73. The quantitative estimate of drug-likeness (QED) is 0.846. The number of nitrogens with two attached hydrogens (primary N) is 1. The van der Waals surface area contributed by atoms with Crippen LogP contribution in [0.4, 0.5) is 0 Å². The summed E-state index contributed by atoms with van der Waals surface area (Å²) in [5.74, 6) is 0.597. The van der Waals surface area contributed by atoms with Crippen molar-refractivity contribution in [1.29, 1.82) is 0 Å². The van der Waals surface area contributed by atoms with Crippen LogP contribution in [0.5, 0.6) is 5.75 Å². The number of carbonyl (C=O) groups excluding carboxylic acids is 1. The van der Waals surface area contributed by atoms with Crippen molar-refractivity contribution in [3.63, 3.8) is 0 Å². The van der Waals surface area contributed by atoms with E-state index in [0.29, 0.717) is 23.2 Å². The molecule has 110 valence electrons. The molecular formula is C15H21ClN2O2. The topological polar surface area (TPSA) is 64.3 Å². The first-order valence-electron chi connectivity index (χ1n) is 6.96. The molecule has 1 saturated carbocycles. The van der Waals surface area contributed by atoms with Crippen LogP contribution in [0.1, 0.15) is 32.3 Å². The molecule has 3 N–H and O–H groups in total. The number of hydrogen-bond acceptors (Lipinski definition) is 3. The van der Waals surface area contributed by atoms with Gasteiger partial charge in [-0.1, -0.05) is 11.6 Å². The highest BCUT2D eigenvalue weighted by atomic mass is 35.5. The summed E-state index contributed by atoms with van der Waals surface area (Å²) >= 11 is 6.00. The minimum atomic E-state index is -0.524. The Morgan fingerprint density at radius 2 is 2.20 bits per heavy atom. The largest absolute Gasteiger partial charge is 0.481 e. The fraction of sp³-hybridized carbons (Fsp3) is 0.533. The molecule has 1 aliphatic carbocycles. The molecule has 0 spiro atoms. The van der Waals surface area contributed by atoms with E-state index < -0.39 is 6.10 Å². The third kappa shape index (κ3) is 4.39. The van der Waals surface area contributed by atoms with Crippen molar-refractivity contribution in [2.24, 2.45) is 5.73 Å². The standard InChI is InChI=1S/C15H21ClN2O2/c1-9(17)7-11-8-12(16)3-6-14(11)20-10(2)15(19)18-13-4-5-13/h3,6,8-10,13H,4-5,7,17H2,1-2H3,(H,18,19). The Kier molecular flexibility index (Phi) is 4.89. The van der Waals surface area contributed by atoms with Crippen molar-refractivity contribution in [3.8, 4) is 5.75 Å². The van der Waals surface area contributed by atoms with Crippen molar-refractivity contribution in [3.05, 3.63) is 28.8 Å². The smallest absolute Gasteiger partial charge is 0.260 e. The minimum Gasteiger partial charge on any atom is -0.481 e. The summed E-state index contributed by atoms with van der Waals surface area (Å²) in [5, 5.41) is 3.57. The van der Waals surface area contributed by atoms with E-state index >= 15 is 0 Å². The van der Waals surface area contributed by atoms with Crippen LogP contribution in [-0.2, 0) is 11.2 Å². The first-order chi connectivity index (χ1) is 9.45. The number of hydrogen-bond donors (Lipinski definition) is 2. The molecule has 2 unspecified atom stereocenters. The lowest BCUT2D eigenvalue weighted by atomic mass is 10.1. The number of ether oxygens (including phenoxy) is 1. The van der Waals surface area contributed by atoms with Crippen LogP contribution in [0, 0.1) is 0 Å². The summed E-state index contributed by atoms with van der Waals surface area (Å²) < 4.78 is 5.77. The lowest BCUT2D eigenvalue weighted by molar-refractivity contribution is -0.127. The Labute approximate surface area is 124 Å². The van der Waals surface area contributed by atoms with Gasteiger partial charge in [0.05, 0.1) is 0 Å². The number of benzene rings is 1. The van der Waals surface area contributed by atoms with Gasteiger partial charge in [-0.25, -0.2) is 0 Å². The highest BCUT2D eigenvalue weighted by Gasteiger charge is 2.26. The monoisotopic (exact) mass is 296 g/mol. The van der Waals surface area contributed by atoms with Gasteiger partial charge in [0.2, 0.25) is 0 Å². The maximum absolute atomic E-state index is 11.9. The molecule has 0 bridgehead atoms. The molecule has 0 aliphatic heterocycles. The Hall–Kier alpha value is -1.26. The van der Waals surface area contributed by atoms with Gasteiger partial charge in [0.15, 0.2) is 6.10 Å². The first-order valence-corrected chi connectivity index (χ1v) is 7.34. The van der Waals surface area contributed by atoms with Gasteiger partial charge in [-0.05, 0) is 56.9 Å². The zero-order valence-electron chi connectivity index (χ0n) is 11.9. The lowest BCUT2D eigenvalue weighted by Gasteiger charge is -2.18. The van der Waals surface area contributed by atoms with E-state index in [-0.39, 0.29) is 11.9 Å². The number of rotatable bonds is 6. The average molecular weight is 297 g/mol. The van der Waals surface area contributed by atoms with Gasteiger partial charge in [-0.15, -0.1) is 0 Å². The van der Waals surface area contributed by atoms with Crippen molar-refractivity contribution >= 4 is 17.5 Å². The predicted molar refractivity (Wildman–Crippen MR) is 80.1 cm³/mol. The Morgan fingerprint density at radius 3 is 2.80 bits per heavy atom. The normalized spacial score (nSPS) is 17.4. The average Bonchev–Trinajstić information content (AvgIpc) is 3.15. The van der Waals surface area contributed by atoms with Gasteiger partial charge < -0.3 is 15.8 Å². The Morgan fingerprint density at radius 1 is 1.50 bits per heavy atom. The zero-order chi connectivity index (χ0) is 14.7. The van der Waals surface area contributed by atoms with Gasteiger partial charge in [0.1, 0.15) is 5.75 Å². The summed E-state index contributed by atoms with van der Waals surface area (Å²) in [6.45, 7) is 3.68. The molecule has 20 heavy (non-hydrogen) atoms.